The first kappa shape index (κ1) is 16.0. The number of aliphatic carboxylic acids is 1. The summed E-state index contributed by atoms with van der Waals surface area (Å²) >= 11 is 6.26. The summed E-state index contributed by atoms with van der Waals surface area (Å²) in [5, 5.41) is 9.53. The van der Waals surface area contributed by atoms with Gasteiger partial charge < -0.3 is 14.6 Å². The SMILES string of the molecule is COc1cc(CC(C)C(=O)O)c(Cl)cc1OC1CCCC1. The Bertz CT molecular complexity index is 509. The molecule has 1 saturated carbocycles. The maximum Gasteiger partial charge on any atom is 0.306 e. The minimum atomic E-state index is -0.837. The van der Waals surface area contributed by atoms with Crippen LogP contribution in [0.25, 0.3) is 0 Å². The third kappa shape index (κ3) is 4.03. The highest BCUT2D eigenvalue weighted by molar-refractivity contribution is 6.31. The quantitative estimate of drug-likeness (QED) is 0.864. The van der Waals surface area contributed by atoms with Crippen LogP contribution in [-0.4, -0.2) is 24.3 Å². The van der Waals surface area contributed by atoms with Crippen molar-refractivity contribution in [2.24, 2.45) is 5.92 Å². The highest BCUT2D eigenvalue weighted by Gasteiger charge is 2.21. The number of rotatable bonds is 6. The zero-order valence-corrected chi connectivity index (χ0v) is 13.2. The molecule has 0 amide bonds. The van der Waals surface area contributed by atoms with Crippen LogP contribution in [0.15, 0.2) is 12.1 Å². The van der Waals surface area contributed by atoms with Crippen molar-refractivity contribution >= 4 is 17.6 Å². The molecule has 1 aliphatic rings. The second-order valence-electron chi connectivity index (χ2n) is 5.56. The molecule has 1 atom stereocenters. The number of hydrogen-bond acceptors (Lipinski definition) is 3. The average molecular weight is 313 g/mol. The van der Waals surface area contributed by atoms with Gasteiger partial charge in [0.1, 0.15) is 0 Å². The molecule has 0 bridgehead atoms. The Labute approximate surface area is 130 Å². The van der Waals surface area contributed by atoms with E-state index in [-0.39, 0.29) is 6.10 Å². The van der Waals surface area contributed by atoms with Crippen molar-refractivity contribution in [3.05, 3.63) is 22.7 Å². The molecule has 1 fully saturated rings. The van der Waals surface area contributed by atoms with Gasteiger partial charge in [-0.25, -0.2) is 0 Å². The van der Waals surface area contributed by atoms with Gasteiger partial charge in [-0.3, -0.25) is 4.79 Å². The van der Waals surface area contributed by atoms with Crippen LogP contribution in [0.3, 0.4) is 0 Å². The molecule has 0 aliphatic heterocycles. The Balaban J connectivity index is 2.19. The molecule has 1 unspecified atom stereocenters. The van der Waals surface area contributed by atoms with Crippen molar-refractivity contribution in [2.45, 2.75) is 45.1 Å². The van der Waals surface area contributed by atoms with Crippen molar-refractivity contribution < 1.29 is 19.4 Å². The van der Waals surface area contributed by atoms with Crippen molar-refractivity contribution in [3.8, 4) is 11.5 Å². The van der Waals surface area contributed by atoms with Gasteiger partial charge in [-0.2, -0.15) is 0 Å². The molecule has 1 aliphatic carbocycles. The van der Waals surface area contributed by atoms with E-state index < -0.39 is 11.9 Å². The van der Waals surface area contributed by atoms with E-state index in [2.05, 4.69) is 0 Å². The number of hydrogen-bond donors (Lipinski definition) is 1. The summed E-state index contributed by atoms with van der Waals surface area (Å²) in [6.45, 7) is 1.66. The molecule has 0 spiro atoms. The van der Waals surface area contributed by atoms with Crippen LogP contribution in [0, 0.1) is 5.92 Å². The molecule has 5 heteroatoms. The molecule has 21 heavy (non-hydrogen) atoms. The minimum Gasteiger partial charge on any atom is -0.493 e. The third-order valence-electron chi connectivity index (χ3n) is 3.88. The topological polar surface area (TPSA) is 55.8 Å². The van der Waals surface area contributed by atoms with Gasteiger partial charge in [0.15, 0.2) is 11.5 Å². The highest BCUT2D eigenvalue weighted by atomic mass is 35.5. The van der Waals surface area contributed by atoms with E-state index in [1.807, 2.05) is 0 Å². The van der Waals surface area contributed by atoms with E-state index in [1.165, 1.54) is 12.8 Å². The molecule has 2 rings (SSSR count). The fraction of sp³-hybridized carbons (Fsp3) is 0.562. The lowest BCUT2D eigenvalue weighted by molar-refractivity contribution is -0.141. The van der Waals surface area contributed by atoms with Crippen LogP contribution in [0.1, 0.15) is 38.2 Å². The van der Waals surface area contributed by atoms with E-state index >= 15 is 0 Å². The zero-order valence-electron chi connectivity index (χ0n) is 12.4. The summed E-state index contributed by atoms with van der Waals surface area (Å²) in [5.74, 6) is -0.0786. The standard InChI is InChI=1S/C16H21ClO4/c1-10(16(18)19)7-11-8-14(20-2)15(9-13(11)17)21-12-5-3-4-6-12/h8-10,12H,3-7H2,1-2H3,(H,18,19). The maximum absolute atomic E-state index is 11.0. The monoisotopic (exact) mass is 312 g/mol. The second kappa shape index (κ2) is 7.03. The Kier molecular flexibility index (Phi) is 5.34. The van der Waals surface area contributed by atoms with Gasteiger partial charge in [-0.15, -0.1) is 0 Å². The predicted octanol–water partition coefficient (Wildman–Crippen LogP) is 3.93. The average Bonchev–Trinajstić information content (AvgIpc) is 2.94. The lowest BCUT2D eigenvalue weighted by Crippen LogP contribution is -2.14. The molecule has 0 aromatic heterocycles. The highest BCUT2D eigenvalue weighted by Crippen LogP contribution is 2.36. The van der Waals surface area contributed by atoms with Crippen LogP contribution >= 0.6 is 11.6 Å². The van der Waals surface area contributed by atoms with Crippen LogP contribution in [0.5, 0.6) is 11.5 Å². The first-order chi connectivity index (χ1) is 10.0. The summed E-state index contributed by atoms with van der Waals surface area (Å²) < 4.78 is 11.3. The van der Waals surface area contributed by atoms with Crippen LogP contribution < -0.4 is 9.47 Å². The number of carboxylic acids is 1. The Morgan fingerprint density at radius 3 is 2.62 bits per heavy atom. The summed E-state index contributed by atoms with van der Waals surface area (Å²) in [4.78, 5) is 11.0. The maximum atomic E-state index is 11.0. The first-order valence-electron chi connectivity index (χ1n) is 7.27. The molecule has 0 saturated heterocycles. The molecule has 1 aromatic rings. The summed E-state index contributed by atoms with van der Waals surface area (Å²) in [6.07, 6.45) is 5.08. The molecular weight excluding hydrogens is 292 g/mol. The van der Waals surface area contributed by atoms with Gasteiger partial charge in [0.2, 0.25) is 0 Å². The van der Waals surface area contributed by atoms with E-state index in [4.69, 9.17) is 26.2 Å². The molecule has 0 heterocycles. The van der Waals surface area contributed by atoms with Crippen molar-refractivity contribution in [3.63, 3.8) is 0 Å². The number of halogens is 1. The van der Waals surface area contributed by atoms with E-state index in [1.54, 1.807) is 26.2 Å². The Morgan fingerprint density at radius 2 is 2.05 bits per heavy atom. The van der Waals surface area contributed by atoms with Gasteiger partial charge in [-0.1, -0.05) is 18.5 Å². The van der Waals surface area contributed by atoms with Gasteiger partial charge in [0, 0.05) is 11.1 Å². The van der Waals surface area contributed by atoms with Crippen LogP contribution in [0.2, 0.25) is 5.02 Å². The summed E-state index contributed by atoms with van der Waals surface area (Å²) in [5.41, 5.74) is 0.766. The molecule has 4 nitrogen and oxygen atoms in total. The molecule has 116 valence electrons. The van der Waals surface area contributed by atoms with Gasteiger partial charge in [0.05, 0.1) is 19.1 Å². The summed E-state index contributed by atoms with van der Waals surface area (Å²) in [7, 11) is 1.58. The number of carbonyl (C=O) groups is 1. The number of benzene rings is 1. The van der Waals surface area contributed by atoms with Gasteiger partial charge >= 0.3 is 5.97 Å². The smallest absolute Gasteiger partial charge is 0.306 e. The normalized spacial score (nSPS) is 16.7. The lowest BCUT2D eigenvalue weighted by Gasteiger charge is -2.18. The number of carboxylic acid groups (broad SMARTS) is 1. The van der Waals surface area contributed by atoms with E-state index in [9.17, 15) is 4.79 Å². The molecule has 0 radical (unpaired) electrons. The van der Waals surface area contributed by atoms with E-state index in [0.29, 0.717) is 22.9 Å². The summed E-state index contributed by atoms with van der Waals surface area (Å²) in [6, 6.07) is 3.52. The molecular formula is C16H21ClO4. The van der Waals surface area contributed by atoms with Crippen LogP contribution in [-0.2, 0) is 11.2 Å². The lowest BCUT2D eigenvalue weighted by atomic mass is 10.0. The number of ether oxygens (including phenoxy) is 2. The van der Waals surface area contributed by atoms with Gasteiger partial charge in [-0.05, 0) is 43.7 Å². The molecule has 1 aromatic carbocycles. The largest absolute Gasteiger partial charge is 0.493 e. The van der Waals surface area contributed by atoms with Crippen molar-refractivity contribution in [1.82, 2.24) is 0 Å². The van der Waals surface area contributed by atoms with Crippen molar-refractivity contribution in [1.29, 1.82) is 0 Å². The fourth-order valence-electron chi connectivity index (χ4n) is 2.59. The predicted molar refractivity (Wildman–Crippen MR) is 81.4 cm³/mol. The van der Waals surface area contributed by atoms with E-state index in [0.717, 1.165) is 18.4 Å². The number of methoxy groups -OCH3 is 1. The Morgan fingerprint density at radius 1 is 1.38 bits per heavy atom. The van der Waals surface area contributed by atoms with Crippen LogP contribution in [0.4, 0.5) is 0 Å². The third-order valence-corrected chi connectivity index (χ3v) is 4.23. The van der Waals surface area contributed by atoms with Gasteiger partial charge in [0.25, 0.3) is 0 Å². The first-order valence-corrected chi connectivity index (χ1v) is 7.65. The molecule has 1 N–H and O–H groups in total. The second-order valence-corrected chi connectivity index (χ2v) is 5.97. The van der Waals surface area contributed by atoms with Crippen molar-refractivity contribution in [2.75, 3.05) is 7.11 Å². The minimum absolute atomic E-state index is 0.221. The zero-order chi connectivity index (χ0) is 15.4. The fourth-order valence-corrected chi connectivity index (χ4v) is 2.82. The Hall–Kier alpha value is -1.42.